The Balaban J connectivity index is 1.69. The Morgan fingerprint density at radius 1 is 0.889 bits per heavy atom. The Labute approximate surface area is 217 Å². The van der Waals surface area contributed by atoms with E-state index in [1.807, 2.05) is 51.1 Å². The summed E-state index contributed by atoms with van der Waals surface area (Å²) in [4.78, 5) is 12.7. The van der Waals surface area contributed by atoms with Crippen LogP contribution in [0.2, 0.25) is 5.02 Å². The zero-order chi connectivity index (χ0) is 25.8. The molecule has 1 amide bonds. The minimum absolute atomic E-state index is 0.388. The van der Waals surface area contributed by atoms with Crippen molar-refractivity contribution in [1.82, 2.24) is 5.43 Å². The summed E-state index contributed by atoms with van der Waals surface area (Å²) in [5.41, 5.74) is 4.62. The van der Waals surface area contributed by atoms with Crippen LogP contribution >= 0.6 is 11.6 Å². The smallest absolute Gasteiger partial charge is 0.271 e. The maximum Gasteiger partial charge on any atom is 0.271 e. The van der Waals surface area contributed by atoms with Gasteiger partial charge in [-0.1, -0.05) is 48.9 Å². The molecule has 0 spiro atoms. The predicted molar refractivity (Wildman–Crippen MR) is 142 cm³/mol. The van der Waals surface area contributed by atoms with Crippen LogP contribution in [0.4, 0.5) is 0 Å². The standard InChI is InChI=1S/C28H31ClN2O5/c1-4-14-35-27-23(29)15-21(16-26(27)34-6-3)18-30-31-28(32)22-12-13-24(25(17-22)33-5-2)36-19-20-10-8-7-9-11-20/h7-13,15-18H,4-6,14,19H2,1-3H3,(H,31,32)/b30-18+. The van der Waals surface area contributed by atoms with Crippen molar-refractivity contribution in [2.75, 3.05) is 19.8 Å². The molecule has 190 valence electrons. The lowest BCUT2D eigenvalue weighted by Crippen LogP contribution is -2.17. The van der Waals surface area contributed by atoms with Gasteiger partial charge in [-0.2, -0.15) is 5.10 Å². The van der Waals surface area contributed by atoms with Crippen molar-refractivity contribution in [3.8, 4) is 23.0 Å². The van der Waals surface area contributed by atoms with E-state index in [0.717, 1.165) is 12.0 Å². The van der Waals surface area contributed by atoms with Gasteiger partial charge in [0.05, 0.1) is 31.1 Å². The summed E-state index contributed by atoms with van der Waals surface area (Å²) in [7, 11) is 0. The van der Waals surface area contributed by atoms with Crippen LogP contribution in [0, 0.1) is 0 Å². The van der Waals surface area contributed by atoms with Gasteiger partial charge in [0, 0.05) is 5.56 Å². The largest absolute Gasteiger partial charge is 0.490 e. The Hall–Kier alpha value is -3.71. The molecule has 0 aromatic heterocycles. The monoisotopic (exact) mass is 510 g/mol. The maximum absolute atomic E-state index is 12.7. The van der Waals surface area contributed by atoms with Gasteiger partial charge in [0.25, 0.3) is 5.91 Å². The number of hydrogen-bond acceptors (Lipinski definition) is 6. The summed E-state index contributed by atoms with van der Waals surface area (Å²) in [6.45, 7) is 7.59. The van der Waals surface area contributed by atoms with Crippen molar-refractivity contribution in [3.63, 3.8) is 0 Å². The first kappa shape index (κ1) is 26.9. The van der Waals surface area contributed by atoms with Gasteiger partial charge in [-0.25, -0.2) is 5.43 Å². The SMILES string of the molecule is CCCOc1c(Cl)cc(/C=N/NC(=O)c2ccc(OCc3ccccc3)c(OCC)c2)cc1OCC. The van der Waals surface area contributed by atoms with Crippen molar-refractivity contribution < 1.29 is 23.7 Å². The Kier molecular flexibility index (Phi) is 10.5. The van der Waals surface area contributed by atoms with Gasteiger partial charge >= 0.3 is 0 Å². The highest BCUT2D eigenvalue weighted by Crippen LogP contribution is 2.36. The first-order chi connectivity index (χ1) is 17.5. The lowest BCUT2D eigenvalue weighted by atomic mass is 10.2. The average molecular weight is 511 g/mol. The molecule has 0 saturated carbocycles. The lowest BCUT2D eigenvalue weighted by molar-refractivity contribution is 0.0954. The Bertz CT molecular complexity index is 1170. The summed E-state index contributed by atoms with van der Waals surface area (Å²) >= 11 is 6.39. The minimum Gasteiger partial charge on any atom is -0.490 e. The molecule has 0 radical (unpaired) electrons. The number of amides is 1. The molecule has 36 heavy (non-hydrogen) atoms. The first-order valence-electron chi connectivity index (χ1n) is 11.9. The zero-order valence-electron chi connectivity index (χ0n) is 20.8. The summed E-state index contributed by atoms with van der Waals surface area (Å²) in [5, 5.41) is 4.49. The number of nitrogens with zero attached hydrogens (tertiary/aromatic N) is 1. The first-order valence-corrected chi connectivity index (χ1v) is 12.3. The normalized spacial score (nSPS) is 10.8. The number of hydrazone groups is 1. The molecular formula is C28H31ClN2O5. The highest BCUT2D eigenvalue weighted by Gasteiger charge is 2.13. The van der Waals surface area contributed by atoms with E-state index in [1.165, 1.54) is 6.21 Å². The topological polar surface area (TPSA) is 78.4 Å². The number of hydrogen-bond donors (Lipinski definition) is 1. The van der Waals surface area contributed by atoms with Crippen LogP contribution in [-0.2, 0) is 6.61 Å². The fraction of sp³-hybridized carbons (Fsp3) is 0.286. The van der Waals surface area contributed by atoms with E-state index in [2.05, 4.69) is 10.5 Å². The van der Waals surface area contributed by atoms with Crippen molar-refractivity contribution in [3.05, 3.63) is 82.4 Å². The highest BCUT2D eigenvalue weighted by molar-refractivity contribution is 6.32. The van der Waals surface area contributed by atoms with E-state index in [-0.39, 0.29) is 5.91 Å². The van der Waals surface area contributed by atoms with Crippen molar-refractivity contribution in [2.24, 2.45) is 5.10 Å². The molecule has 0 aliphatic rings. The number of nitrogens with one attached hydrogen (secondary N) is 1. The zero-order valence-corrected chi connectivity index (χ0v) is 21.5. The van der Waals surface area contributed by atoms with Gasteiger partial charge in [0.2, 0.25) is 0 Å². The molecule has 0 saturated heterocycles. The quantitative estimate of drug-likeness (QED) is 0.216. The Morgan fingerprint density at radius 3 is 2.36 bits per heavy atom. The van der Waals surface area contributed by atoms with Gasteiger partial charge in [0.1, 0.15) is 6.61 Å². The van der Waals surface area contributed by atoms with Crippen LogP contribution in [0.25, 0.3) is 0 Å². The van der Waals surface area contributed by atoms with Crippen molar-refractivity contribution in [2.45, 2.75) is 33.8 Å². The molecule has 0 unspecified atom stereocenters. The minimum atomic E-state index is -0.388. The van der Waals surface area contributed by atoms with Crippen LogP contribution in [0.5, 0.6) is 23.0 Å². The number of benzene rings is 3. The van der Waals surface area contributed by atoms with E-state index in [1.54, 1.807) is 30.3 Å². The maximum atomic E-state index is 12.7. The molecule has 0 fully saturated rings. The average Bonchev–Trinajstić information content (AvgIpc) is 2.88. The second kappa shape index (κ2) is 14.0. The predicted octanol–water partition coefficient (Wildman–Crippen LogP) is 6.27. The fourth-order valence-electron chi connectivity index (χ4n) is 3.27. The van der Waals surface area contributed by atoms with E-state index in [4.69, 9.17) is 30.5 Å². The van der Waals surface area contributed by atoms with Crippen LogP contribution < -0.4 is 24.4 Å². The molecule has 0 bridgehead atoms. The summed E-state index contributed by atoms with van der Waals surface area (Å²) < 4.78 is 23.0. The number of carbonyl (C=O) groups is 1. The molecular weight excluding hydrogens is 480 g/mol. The summed E-state index contributed by atoms with van der Waals surface area (Å²) in [5.74, 6) is 1.68. The number of carbonyl (C=O) groups excluding carboxylic acids is 1. The van der Waals surface area contributed by atoms with Gasteiger partial charge in [-0.15, -0.1) is 0 Å². The van der Waals surface area contributed by atoms with Crippen LogP contribution in [0.3, 0.4) is 0 Å². The molecule has 0 aliphatic carbocycles. The van der Waals surface area contributed by atoms with Gasteiger partial charge in [-0.05, 0) is 61.7 Å². The van der Waals surface area contributed by atoms with Gasteiger partial charge < -0.3 is 18.9 Å². The third kappa shape index (κ3) is 7.65. The van der Waals surface area contributed by atoms with E-state index in [9.17, 15) is 4.79 Å². The van der Waals surface area contributed by atoms with Crippen molar-refractivity contribution in [1.29, 1.82) is 0 Å². The molecule has 0 heterocycles. The highest BCUT2D eigenvalue weighted by atomic mass is 35.5. The fourth-order valence-corrected chi connectivity index (χ4v) is 3.55. The second-order valence-corrected chi connectivity index (χ2v) is 8.09. The third-order valence-electron chi connectivity index (χ3n) is 4.90. The van der Waals surface area contributed by atoms with Crippen LogP contribution in [0.15, 0.2) is 65.8 Å². The lowest BCUT2D eigenvalue weighted by Gasteiger charge is -2.14. The second-order valence-electron chi connectivity index (χ2n) is 7.68. The van der Waals surface area contributed by atoms with Crippen molar-refractivity contribution >= 4 is 23.7 Å². The Morgan fingerprint density at radius 2 is 1.64 bits per heavy atom. The number of ether oxygens (including phenoxy) is 4. The number of halogens is 1. The molecule has 8 heteroatoms. The summed E-state index contributed by atoms with van der Waals surface area (Å²) in [6, 6.07) is 18.3. The molecule has 3 aromatic carbocycles. The molecule has 0 aliphatic heterocycles. The molecule has 7 nitrogen and oxygen atoms in total. The number of rotatable bonds is 13. The van der Waals surface area contributed by atoms with Gasteiger partial charge in [0.15, 0.2) is 23.0 Å². The van der Waals surface area contributed by atoms with E-state index in [0.29, 0.717) is 65.6 Å². The van der Waals surface area contributed by atoms with E-state index >= 15 is 0 Å². The third-order valence-corrected chi connectivity index (χ3v) is 5.19. The van der Waals surface area contributed by atoms with Crippen LogP contribution in [0.1, 0.15) is 48.7 Å². The molecule has 3 rings (SSSR count). The van der Waals surface area contributed by atoms with Gasteiger partial charge in [-0.3, -0.25) is 4.79 Å². The molecule has 0 atom stereocenters. The van der Waals surface area contributed by atoms with E-state index < -0.39 is 0 Å². The molecule has 1 N–H and O–H groups in total. The van der Waals surface area contributed by atoms with Crippen LogP contribution in [-0.4, -0.2) is 31.9 Å². The molecule has 3 aromatic rings. The summed E-state index contributed by atoms with van der Waals surface area (Å²) in [6.07, 6.45) is 2.35.